The summed E-state index contributed by atoms with van der Waals surface area (Å²) in [5.41, 5.74) is 0. The maximum absolute atomic E-state index is 12.0. The van der Waals surface area contributed by atoms with Crippen LogP contribution in [0, 0.1) is 0 Å². The second kappa shape index (κ2) is 6.23. The third-order valence-corrected chi connectivity index (χ3v) is 2.92. The monoisotopic (exact) mass is 258 g/mol. The smallest absolute Gasteiger partial charge is 0.328 e. The number of likely N-dealkylation sites (tertiary alicyclic amines) is 1. The SMILES string of the molecule is COC(=O)C1CCCCN1C(=O)N(C)CC(=O)O. The molecular formula is C11H18N2O5. The summed E-state index contributed by atoms with van der Waals surface area (Å²) >= 11 is 0. The Morgan fingerprint density at radius 3 is 2.61 bits per heavy atom. The highest BCUT2D eigenvalue weighted by molar-refractivity contribution is 5.85. The van der Waals surface area contributed by atoms with Crippen molar-refractivity contribution < 1.29 is 24.2 Å². The highest BCUT2D eigenvalue weighted by Gasteiger charge is 2.34. The minimum Gasteiger partial charge on any atom is -0.480 e. The molecule has 1 rings (SSSR count). The summed E-state index contributed by atoms with van der Waals surface area (Å²) in [6.07, 6.45) is 2.21. The van der Waals surface area contributed by atoms with E-state index < -0.39 is 24.0 Å². The zero-order valence-corrected chi connectivity index (χ0v) is 10.6. The van der Waals surface area contributed by atoms with Crippen molar-refractivity contribution in [2.75, 3.05) is 27.2 Å². The summed E-state index contributed by atoms with van der Waals surface area (Å²) < 4.78 is 4.66. The van der Waals surface area contributed by atoms with Crippen LogP contribution in [0.25, 0.3) is 0 Å². The van der Waals surface area contributed by atoms with E-state index in [2.05, 4.69) is 4.74 Å². The largest absolute Gasteiger partial charge is 0.480 e. The number of amides is 2. The van der Waals surface area contributed by atoms with E-state index in [-0.39, 0.29) is 6.54 Å². The molecule has 1 saturated heterocycles. The van der Waals surface area contributed by atoms with Gasteiger partial charge in [0.1, 0.15) is 12.6 Å². The van der Waals surface area contributed by atoms with Gasteiger partial charge in [-0.2, -0.15) is 0 Å². The number of urea groups is 1. The third kappa shape index (κ3) is 3.35. The first-order chi connectivity index (χ1) is 8.47. The minimum absolute atomic E-state index is 0.386. The van der Waals surface area contributed by atoms with E-state index in [9.17, 15) is 14.4 Å². The molecule has 1 fully saturated rings. The maximum atomic E-state index is 12.0. The summed E-state index contributed by atoms with van der Waals surface area (Å²) in [4.78, 5) is 36.7. The molecule has 1 aliphatic rings. The number of carboxylic acids is 1. The molecule has 0 aliphatic carbocycles. The lowest BCUT2D eigenvalue weighted by Gasteiger charge is -2.35. The fraction of sp³-hybridized carbons (Fsp3) is 0.727. The van der Waals surface area contributed by atoms with E-state index in [1.807, 2.05) is 0 Å². The molecule has 1 heterocycles. The van der Waals surface area contributed by atoms with Gasteiger partial charge in [-0.1, -0.05) is 0 Å². The molecule has 7 heteroatoms. The molecule has 0 aromatic heterocycles. The Morgan fingerprint density at radius 2 is 2.06 bits per heavy atom. The second-order valence-corrected chi connectivity index (χ2v) is 4.26. The number of likely N-dealkylation sites (N-methyl/N-ethyl adjacent to an activating group) is 1. The van der Waals surface area contributed by atoms with Crippen LogP contribution in [0.1, 0.15) is 19.3 Å². The summed E-state index contributed by atoms with van der Waals surface area (Å²) in [5.74, 6) is -1.54. The summed E-state index contributed by atoms with van der Waals surface area (Å²) in [5, 5.41) is 8.65. The molecule has 2 amide bonds. The van der Waals surface area contributed by atoms with Crippen molar-refractivity contribution in [1.29, 1.82) is 0 Å². The highest BCUT2D eigenvalue weighted by atomic mass is 16.5. The number of methoxy groups -OCH3 is 1. The molecule has 1 atom stereocenters. The molecule has 0 radical (unpaired) electrons. The number of piperidine rings is 1. The lowest BCUT2D eigenvalue weighted by Crippen LogP contribution is -2.53. The Labute approximate surface area is 105 Å². The number of nitrogens with zero attached hydrogens (tertiary/aromatic N) is 2. The van der Waals surface area contributed by atoms with Crippen LogP contribution in [-0.4, -0.2) is 66.2 Å². The van der Waals surface area contributed by atoms with E-state index in [0.29, 0.717) is 13.0 Å². The zero-order chi connectivity index (χ0) is 13.7. The predicted molar refractivity (Wildman–Crippen MR) is 62.0 cm³/mol. The molecule has 0 aromatic carbocycles. The van der Waals surface area contributed by atoms with Crippen molar-refractivity contribution in [3.63, 3.8) is 0 Å². The maximum Gasteiger partial charge on any atom is 0.328 e. The predicted octanol–water partition coefficient (Wildman–Crippen LogP) is 0.150. The van der Waals surface area contributed by atoms with E-state index >= 15 is 0 Å². The number of hydrogen-bond donors (Lipinski definition) is 1. The topological polar surface area (TPSA) is 87.2 Å². The van der Waals surface area contributed by atoms with Crippen LogP contribution >= 0.6 is 0 Å². The van der Waals surface area contributed by atoms with E-state index in [4.69, 9.17) is 5.11 Å². The molecule has 0 bridgehead atoms. The molecule has 0 saturated carbocycles. The molecular weight excluding hydrogens is 240 g/mol. The molecule has 1 N–H and O–H groups in total. The number of carbonyl (C=O) groups excluding carboxylic acids is 2. The van der Waals surface area contributed by atoms with E-state index in [0.717, 1.165) is 17.7 Å². The molecule has 0 spiro atoms. The Kier molecular flexibility index (Phi) is 4.94. The van der Waals surface area contributed by atoms with Gasteiger partial charge in [-0.25, -0.2) is 9.59 Å². The number of hydrogen-bond acceptors (Lipinski definition) is 4. The summed E-state index contributed by atoms with van der Waals surface area (Å²) in [6.45, 7) is 0.0613. The van der Waals surface area contributed by atoms with Crippen LogP contribution in [0.5, 0.6) is 0 Å². The third-order valence-electron chi connectivity index (χ3n) is 2.92. The summed E-state index contributed by atoms with van der Waals surface area (Å²) in [6, 6.07) is -1.06. The Bertz CT molecular complexity index is 344. The molecule has 0 aromatic rings. The fourth-order valence-corrected chi connectivity index (χ4v) is 2.03. The molecule has 1 aliphatic heterocycles. The zero-order valence-electron chi connectivity index (χ0n) is 10.6. The van der Waals surface area contributed by atoms with Gasteiger partial charge in [0.05, 0.1) is 7.11 Å². The number of ether oxygens (including phenoxy) is 1. The van der Waals surface area contributed by atoms with Crippen LogP contribution in [0.15, 0.2) is 0 Å². The van der Waals surface area contributed by atoms with Crippen molar-refractivity contribution in [3.05, 3.63) is 0 Å². The molecule has 102 valence electrons. The van der Waals surface area contributed by atoms with Gasteiger partial charge in [0, 0.05) is 13.6 Å². The fourth-order valence-electron chi connectivity index (χ4n) is 2.03. The van der Waals surface area contributed by atoms with Crippen molar-refractivity contribution >= 4 is 18.0 Å². The van der Waals surface area contributed by atoms with Crippen molar-refractivity contribution in [2.45, 2.75) is 25.3 Å². The van der Waals surface area contributed by atoms with Gasteiger partial charge in [-0.05, 0) is 19.3 Å². The molecule has 18 heavy (non-hydrogen) atoms. The van der Waals surface area contributed by atoms with E-state index in [1.165, 1.54) is 19.1 Å². The first kappa shape index (κ1) is 14.3. The average molecular weight is 258 g/mol. The van der Waals surface area contributed by atoms with E-state index in [1.54, 1.807) is 0 Å². The quantitative estimate of drug-likeness (QED) is 0.728. The van der Waals surface area contributed by atoms with Crippen LogP contribution in [-0.2, 0) is 14.3 Å². The van der Waals surface area contributed by atoms with Gasteiger partial charge in [0.2, 0.25) is 0 Å². The van der Waals surface area contributed by atoms with Crippen LogP contribution in [0.3, 0.4) is 0 Å². The van der Waals surface area contributed by atoms with Gasteiger partial charge in [0.25, 0.3) is 0 Å². The minimum atomic E-state index is -1.09. The second-order valence-electron chi connectivity index (χ2n) is 4.26. The average Bonchev–Trinajstić information content (AvgIpc) is 2.36. The first-order valence-corrected chi connectivity index (χ1v) is 5.78. The van der Waals surface area contributed by atoms with Crippen LogP contribution < -0.4 is 0 Å². The van der Waals surface area contributed by atoms with Crippen molar-refractivity contribution in [2.24, 2.45) is 0 Å². The highest BCUT2D eigenvalue weighted by Crippen LogP contribution is 2.19. The van der Waals surface area contributed by atoms with Gasteiger partial charge in [0.15, 0.2) is 0 Å². The summed E-state index contributed by atoms with van der Waals surface area (Å²) in [7, 11) is 2.68. The first-order valence-electron chi connectivity index (χ1n) is 5.78. The molecule has 7 nitrogen and oxygen atoms in total. The number of carboxylic acid groups (broad SMARTS) is 1. The van der Waals surface area contributed by atoms with Gasteiger partial charge in [-0.3, -0.25) is 4.79 Å². The molecule has 1 unspecified atom stereocenters. The van der Waals surface area contributed by atoms with Crippen molar-refractivity contribution in [1.82, 2.24) is 9.80 Å². The van der Waals surface area contributed by atoms with Crippen molar-refractivity contribution in [3.8, 4) is 0 Å². The van der Waals surface area contributed by atoms with Crippen LogP contribution in [0.2, 0.25) is 0 Å². The standard InChI is InChI=1S/C11H18N2O5/c1-12(7-9(14)15)11(17)13-6-4-3-5-8(13)10(16)18-2/h8H,3-7H2,1-2H3,(H,14,15). The van der Waals surface area contributed by atoms with Gasteiger partial charge in [-0.15, -0.1) is 0 Å². The number of carbonyl (C=O) groups is 3. The number of aliphatic carboxylic acids is 1. The van der Waals surface area contributed by atoms with Gasteiger partial charge < -0.3 is 19.6 Å². The normalized spacial score (nSPS) is 19.2. The van der Waals surface area contributed by atoms with Gasteiger partial charge >= 0.3 is 18.0 Å². The Hall–Kier alpha value is -1.79. The number of rotatable bonds is 3. The lowest BCUT2D eigenvalue weighted by molar-refractivity contribution is -0.147. The van der Waals surface area contributed by atoms with Crippen LogP contribution in [0.4, 0.5) is 4.79 Å². The Balaban J connectivity index is 2.73. The lowest BCUT2D eigenvalue weighted by atomic mass is 10.0. The Morgan fingerprint density at radius 1 is 1.39 bits per heavy atom. The number of esters is 1.